The van der Waals surface area contributed by atoms with Crippen LogP contribution in [0.1, 0.15) is 18.1 Å². The number of ether oxygens (including phenoxy) is 1. The number of hydrogen-bond donors (Lipinski definition) is 1. The van der Waals surface area contributed by atoms with Gasteiger partial charge in [-0.15, -0.1) is 0 Å². The number of aliphatic hydroxyl groups is 1. The Morgan fingerprint density at radius 2 is 1.78 bits per heavy atom. The van der Waals surface area contributed by atoms with Gasteiger partial charge in [0.05, 0.1) is 13.2 Å². The summed E-state index contributed by atoms with van der Waals surface area (Å²) >= 11 is 0. The molecule has 2 nitrogen and oxygen atoms in total. The van der Waals surface area contributed by atoms with Gasteiger partial charge in [-0.25, -0.2) is 0 Å². The van der Waals surface area contributed by atoms with Crippen LogP contribution in [0.2, 0.25) is 0 Å². The van der Waals surface area contributed by atoms with Crippen molar-refractivity contribution in [1.29, 1.82) is 0 Å². The van der Waals surface area contributed by atoms with Crippen molar-refractivity contribution in [1.82, 2.24) is 0 Å². The Morgan fingerprint density at radius 3 is 2.39 bits per heavy atom. The van der Waals surface area contributed by atoms with Gasteiger partial charge in [-0.2, -0.15) is 0 Å². The lowest BCUT2D eigenvalue weighted by molar-refractivity contribution is 0.282. The molecule has 94 valence electrons. The van der Waals surface area contributed by atoms with E-state index in [-0.39, 0.29) is 6.61 Å². The molecule has 0 radical (unpaired) electrons. The molecule has 1 N–H and O–H groups in total. The van der Waals surface area contributed by atoms with Crippen molar-refractivity contribution in [3.8, 4) is 16.9 Å². The molecule has 2 rings (SSSR count). The minimum absolute atomic E-state index is 0.0737. The number of hydrogen-bond acceptors (Lipinski definition) is 2. The lowest BCUT2D eigenvalue weighted by Gasteiger charge is -2.09. The lowest BCUT2D eigenvalue weighted by atomic mass is 9.98. The number of aryl methyl sites for hydroxylation is 1. The number of rotatable bonds is 4. The molecule has 0 spiro atoms. The van der Waals surface area contributed by atoms with E-state index < -0.39 is 0 Å². The average molecular weight is 242 g/mol. The minimum Gasteiger partial charge on any atom is -0.494 e. The van der Waals surface area contributed by atoms with Crippen molar-refractivity contribution in [3.63, 3.8) is 0 Å². The van der Waals surface area contributed by atoms with E-state index in [1.807, 2.05) is 37.3 Å². The van der Waals surface area contributed by atoms with E-state index in [9.17, 15) is 5.11 Å². The molecule has 0 amide bonds. The third-order valence-corrected chi connectivity index (χ3v) is 2.96. The van der Waals surface area contributed by atoms with Gasteiger partial charge >= 0.3 is 0 Å². The molecule has 2 heteroatoms. The van der Waals surface area contributed by atoms with Crippen LogP contribution in [0.3, 0.4) is 0 Å². The van der Waals surface area contributed by atoms with Crippen LogP contribution in [-0.2, 0) is 6.61 Å². The van der Waals surface area contributed by atoms with E-state index in [1.165, 1.54) is 5.56 Å². The van der Waals surface area contributed by atoms with Crippen LogP contribution in [0, 0.1) is 6.92 Å². The van der Waals surface area contributed by atoms with Gasteiger partial charge in [-0.3, -0.25) is 0 Å². The highest BCUT2D eigenvalue weighted by atomic mass is 16.5. The zero-order valence-electron chi connectivity index (χ0n) is 10.8. The first-order valence-electron chi connectivity index (χ1n) is 6.18. The van der Waals surface area contributed by atoms with Crippen LogP contribution in [0.25, 0.3) is 11.1 Å². The predicted octanol–water partition coefficient (Wildman–Crippen LogP) is 3.55. The Morgan fingerprint density at radius 1 is 1.06 bits per heavy atom. The fourth-order valence-electron chi connectivity index (χ4n) is 1.98. The summed E-state index contributed by atoms with van der Waals surface area (Å²) in [6, 6.07) is 14.1. The molecule has 0 unspecified atom stereocenters. The van der Waals surface area contributed by atoms with Gasteiger partial charge in [0.2, 0.25) is 0 Å². The van der Waals surface area contributed by atoms with Crippen LogP contribution in [0.5, 0.6) is 5.75 Å². The molecule has 0 fully saturated rings. The Labute approximate surface area is 108 Å². The maximum Gasteiger partial charge on any atom is 0.119 e. The average Bonchev–Trinajstić information content (AvgIpc) is 2.41. The Bertz CT molecular complexity index is 515. The van der Waals surface area contributed by atoms with Crippen LogP contribution in [0.15, 0.2) is 42.5 Å². The van der Waals surface area contributed by atoms with Crippen LogP contribution >= 0.6 is 0 Å². The largest absolute Gasteiger partial charge is 0.494 e. The van der Waals surface area contributed by atoms with Crippen LogP contribution in [-0.4, -0.2) is 11.7 Å². The van der Waals surface area contributed by atoms with Crippen molar-refractivity contribution >= 4 is 0 Å². The maximum absolute atomic E-state index is 9.19. The quantitative estimate of drug-likeness (QED) is 0.888. The van der Waals surface area contributed by atoms with Gasteiger partial charge in [0.25, 0.3) is 0 Å². The Balaban J connectivity index is 2.35. The Kier molecular flexibility index (Phi) is 4.00. The molecule has 18 heavy (non-hydrogen) atoms. The highest BCUT2D eigenvalue weighted by Crippen LogP contribution is 2.26. The van der Waals surface area contributed by atoms with Crippen LogP contribution < -0.4 is 4.74 Å². The molecule has 0 aliphatic rings. The predicted molar refractivity (Wildman–Crippen MR) is 73.7 cm³/mol. The molecule has 0 heterocycles. The molecule has 0 saturated carbocycles. The second-order valence-corrected chi connectivity index (χ2v) is 4.26. The van der Waals surface area contributed by atoms with Gasteiger partial charge in [0, 0.05) is 0 Å². The third-order valence-electron chi connectivity index (χ3n) is 2.96. The first-order chi connectivity index (χ1) is 8.74. The zero-order valence-corrected chi connectivity index (χ0v) is 10.8. The van der Waals surface area contributed by atoms with E-state index >= 15 is 0 Å². The molecular formula is C16H18O2. The van der Waals surface area contributed by atoms with Crippen molar-refractivity contribution in [2.75, 3.05) is 6.61 Å². The first kappa shape index (κ1) is 12.7. The second-order valence-electron chi connectivity index (χ2n) is 4.26. The monoisotopic (exact) mass is 242 g/mol. The third kappa shape index (κ3) is 2.71. The molecule has 0 aromatic heterocycles. The number of benzene rings is 2. The van der Waals surface area contributed by atoms with Crippen molar-refractivity contribution in [2.45, 2.75) is 20.5 Å². The molecule has 0 aliphatic carbocycles. The van der Waals surface area contributed by atoms with E-state index in [0.717, 1.165) is 22.4 Å². The summed E-state index contributed by atoms with van der Waals surface area (Å²) in [5, 5.41) is 9.19. The van der Waals surface area contributed by atoms with Crippen molar-refractivity contribution in [3.05, 3.63) is 53.6 Å². The van der Waals surface area contributed by atoms with Crippen molar-refractivity contribution in [2.24, 2.45) is 0 Å². The topological polar surface area (TPSA) is 29.5 Å². The molecule has 0 saturated heterocycles. The normalized spacial score (nSPS) is 10.4. The fourth-order valence-corrected chi connectivity index (χ4v) is 1.98. The minimum atomic E-state index is 0.0737. The van der Waals surface area contributed by atoms with Gasteiger partial charge in [-0.05, 0) is 54.3 Å². The molecule has 2 aromatic rings. The standard InChI is InChI=1S/C16H18O2/c1-3-18-15-8-6-14(7-9-15)16-10-13(11-17)5-4-12(16)2/h4-10,17H,3,11H2,1-2H3. The van der Waals surface area contributed by atoms with Gasteiger partial charge in [-0.1, -0.05) is 24.3 Å². The summed E-state index contributed by atoms with van der Waals surface area (Å²) in [6.45, 7) is 4.80. The van der Waals surface area contributed by atoms with Gasteiger partial charge in [0.15, 0.2) is 0 Å². The molecule has 0 aliphatic heterocycles. The molecule has 0 bridgehead atoms. The van der Waals surface area contributed by atoms with E-state index in [2.05, 4.69) is 19.1 Å². The highest BCUT2D eigenvalue weighted by Gasteiger charge is 2.03. The van der Waals surface area contributed by atoms with Gasteiger partial charge < -0.3 is 9.84 Å². The SMILES string of the molecule is CCOc1ccc(-c2cc(CO)ccc2C)cc1. The zero-order chi connectivity index (χ0) is 13.0. The van der Waals surface area contributed by atoms with E-state index in [0.29, 0.717) is 6.61 Å². The first-order valence-corrected chi connectivity index (χ1v) is 6.18. The lowest BCUT2D eigenvalue weighted by Crippen LogP contribution is -1.92. The number of aliphatic hydroxyl groups excluding tert-OH is 1. The molecular weight excluding hydrogens is 224 g/mol. The maximum atomic E-state index is 9.19. The smallest absolute Gasteiger partial charge is 0.119 e. The Hall–Kier alpha value is -1.80. The second kappa shape index (κ2) is 5.69. The fraction of sp³-hybridized carbons (Fsp3) is 0.250. The summed E-state index contributed by atoms with van der Waals surface area (Å²) in [7, 11) is 0. The molecule has 2 aromatic carbocycles. The summed E-state index contributed by atoms with van der Waals surface area (Å²) in [5.41, 5.74) is 4.44. The summed E-state index contributed by atoms with van der Waals surface area (Å²) in [6.07, 6.45) is 0. The van der Waals surface area contributed by atoms with E-state index in [1.54, 1.807) is 0 Å². The highest BCUT2D eigenvalue weighted by molar-refractivity contribution is 5.68. The summed E-state index contributed by atoms with van der Waals surface area (Å²) in [5.74, 6) is 0.886. The summed E-state index contributed by atoms with van der Waals surface area (Å²) < 4.78 is 5.43. The summed E-state index contributed by atoms with van der Waals surface area (Å²) in [4.78, 5) is 0. The van der Waals surface area contributed by atoms with Crippen molar-refractivity contribution < 1.29 is 9.84 Å². The van der Waals surface area contributed by atoms with Crippen LogP contribution in [0.4, 0.5) is 0 Å². The molecule has 0 atom stereocenters. The van der Waals surface area contributed by atoms with Gasteiger partial charge in [0.1, 0.15) is 5.75 Å². The van der Waals surface area contributed by atoms with E-state index in [4.69, 9.17) is 4.74 Å².